The maximum Gasteiger partial charge on any atom is 0.226 e. The van der Waals surface area contributed by atoms with Crippen LogP contribution in [0.2, 0.25) is 0 Å². The van der Waals surface area contributed by atoms with Gasteiger partial charge >= 0.3 is 0 Å². The molecule has 0 saturated heterocycles. The van der Waals surface area contributed by atoms with Crippen molar-refractivity contribution in [3.8, 4) is 0 Å². The summed E-state index contributed by atoms with van der Waals surface area (Å²) in [6.07, 6.45) is 0.592. The second kappa shape index (κ2) is 7.98. The lowest BCUT2D eigenvalue weighted by Crippen LogP contribution is -2.28. The number of carbonyl (C=O) groups is 2. The molecule has 0 atom stereocenters. The number of hydrogen-bond donors (Lipinski definition) is 2. The van der Waals surface area contributed by atoms with E-state index in [1.54, 1.807) is 0 Å². The fraction of sp³-hybridized carbons (Fsp3) is 0.222. The van der Waals surface area contributed by atoms with Crippen LogP contribution in [0.5, 0.6) is 0 Å². The lowest BCUT2D eigenvalue weighted by atomic mass is 10.1. The smallest absolute Gasteiger partial charge is 0.226 e. The van der Waals surface area contributed by atoms with E-state index in [9.17, 15) is 9.59 Å². The van der Waals surface area contributed by atoms with Gasteiger partial charge < -0.3 is 10.6 Å². The van der Waals surface area contributed by atoms with E-state index in [-0.39, 0.29) is 18.2 Å². The molecule has 2 N–H and O–H groups in total. The highest BCUT2D eigenvalue weighted by atomic mass is 16.2. The maximum atomic E-state index is 11.8. The van der Waals surface area contributed by atoms with Crippen LogP contribution in [0.4, 0.5) is 5.69 Å². The summed E-state index contributed by atoms with van der Waals surface area (Å²) in [6.45, 7) is 2.33. The predicted molar refractivity (Wildman–Crippen MR) is 87.6 cm³/mol. The Morgan fingerprint density at radius 1 is 0.909 bits per heavy atom. The van der Waals surface area contributed by atoms with Gasteiger partial charge in [0.15, 0.2) is 0 Å². The average Bonchev–Trinajstić information content (AvgIpc) is 2.50. The van der Waals surface area contributed by atoms with Crippen molar-refractivity contribution in [3.63, 3.8) is 0 Å². The molecule has 0 spiro atoms. The van der Waals surface area contributed by atoms with Crippen molar-refractivity contribution in [1.29, 1.82) is 0 Å². The highest BCUT2D eigenvalue weighted by Crippen LogP contribution is 2.08. The van der Waals surface area contributed by atoms with E-state index in [0.717, 1.165) is 16.8 Å². The van der Waals surface area contributed by atoms with E-state index in [1.807, 2.05) is 61.5 Å². The lowest BCUT2D eigenvalue weighted by molar-refractivity contribution is -0.120. The zero-order valence-electron chi connectivity index (χ0n) is 12.6. The van der Waals surface area contributed by atoms with Crippen LogP contribution >= 0.6 is 0 Å². The van der Waals surface area contributed by atoms with Gasteiger partial charge in [-0.1, -0.05) is 48.0 Å². The van der Waals surface area contributed by atoms with Crippen molar-refractivity contribution < 1.29 is 9.59 Å². The van der Waals surface area contributed by atoms with E-state index in [0.29, 0.717) is 13.0 Å². The third kappa shape index (κ3) is 5.40. The van der Waals surface area contributed by atoms with E-state index in [1.165, 1.54) is 0 Å². The molecule has 0 aromatic heterocycles. The van der Waals surface area contributed by atoms with Gasteiger partial charge in [0, 0.05) is 18.7 Å². The highest BCUT2D eigenvalue weighted by molar-refractivity contribution is 5.91. The Balaban J connectivity index is 1.68. The van der Waals surface area contributed by atoms with Gasteiger partial charge in [-0.2, -0.15) is 0 Å². The Kier molecular flexibility index (Phi) is 5.72. The molecule has 0 saturated carbocycles. The van der Waals surface area contributed by atoms with Crippen LogP contribution < -0.4 is 10.6 Å². The third-order valence-corrected chi connectivity index (χ3v) is 3.22. The van der Waals surface area contributed by atoms with Crippen LogP contribution in [0.3, 0.4) is 0 Å². The Labute approximate surface area is 130 Å². The first-order chi connectivity index (χ1) is 10.6. The lowest BCUT2D eigenvalue weighted by Gasteiger charge is -2.07. The zero-order valence-corrected chi connectivity index (χ0v) is 12.6. The number of anilines is 1. The minimum atomic E-state index is -0.108. The Morgan fingerprint density at radius 3 is 2.27 bits per heavy atom. The van der Waals surface area contributed by atoms with Gasteiger partial charge in [0.05, 0.1) is 6.42 Å². The molecule has 22 heavy (non-hydrogen) atoms. The van der Waals surface area contributed by atoms with Gasteiger partial charge in [-0.25, -0.2) is 0 Å². The zero-order chi connectivity index (χ0) is 15.8. The summed E-state index contributed by atoms with van der Waals surface area (Å²) in [7, 11) is 0. The molecule has 2 aromatic carbocycles. The molecule has 2 rings (SSSR count). The Hall–Kier alpha value is -2.62. The van der Waals surface area contributed by atoms with Gasteiger partial charge in [0.2, 0.25) is 11.8 Å². The van der Waals surface area contributed by atoms with Gasteiger partial charge in [0.1, 0.15) is 0 Å². The standard InChI is InChI=1S/C18H20N2O2/c1-14-7-9-16(10-8-14)20-17(21)11-12-19-18(22)13-15-5-3-2-4-6-15/h2-10H,11-13H2,1H3,(H,19,22)(H,20,21). The first kappa shape index (κ1) is 15.8. The summed E-state index contributed by atoms with van der Waals surface area (Å²) in [5.41, 5.74) is 2.88. The van der Waals surface area contributed by atoms with E-state index in [2.05, 4.69) is 10.6 Å². The molecule has 2 aromatic rings. The molecule has 0 fully saturated rings. The SMILES string of the molecule is Cc1ccc(NC(=O)CCNC(=O)Cc2ccccc2)cc1. The van der Waals surface area contributed by atoms with Gasteiger partial charge in [-0.3, -0.25) is 9.59 Å². The predicted octanol–water partition coefficient (Wildman–Crippen LogP) is 2.68. The van der Waals surface area contributed by atoms with Crippen molar-refractivity contribution in [3.05, 3.63) is 65.7 Å². The highest BCUT2D eigenvalue weighted by Gasteiger charge is 2.05. The number of benzene rings is 2. The molecule has 0 aliphatic heterocycles. The van der Waals surface area contributed by atoms with Crippen molar-refractivity contribution in [2.45, 2.75) is 19.8 Å². The molecule has 0 unspecified atom stereocenters. The summed E-state index contributed by atoms with van der Waals surface area (Å²) in [6, 6.07) is 17.1. The summed E-state index contributed by atoms with van der Waals surface area (Å²) in [5.74, 6) is -0.182. The third-order valence-electron chi connectivity index (χ3n) is 3.22. The fourth-order valence-corrected chi connectivity index (χ4v) is 2.02. The van der Waals surface area contributed by atoms with E-state index >= 15 is 0 Å². The molecule has 4 nitrogen and oxygen atoms in total. The van der Waals surface area contributed by atoms with E-state index < -0.39 is 0 Å². The largest absolute Gasteiger partial charge is 0.355 e. The number of aryl methyl sites for hydroxylation is 1. The quantitative estimate of drug-likeness (QED) is 0.861. The molecular formula is C18H20N2O2. The number of carbonyl (C=O) groups excluding carboxylic acids is 2. The normalized spacial score (nSPS) is 10.0. The van der Waals surface area contributed by atoms with Crippen LogP contribution in [0.15, 0.2) is 54.6 Å². The first-order valence-corrected chi connectivity index (χ1v) is 7.30. The van der Waals surface area contributed by atoms with Gasteiger partial charge in [0.25, 0.3) is 0 Å². The van der Waals surface area contributed by atoms with Crippen molar-refractivity contribution in [2.75, 3.05) is 11.9 Å². The molecule has 0 aliphatic carbocycles. The first-order valence-electron chi connectivity index (χ1n) is 7.30. The van der Waals surface area contributed by atoms with Crippen LogP contribution in [0, 0.1) is 6.92 Å². The molecule has 2 amide bonds. The van der Waals surface area contributed by atoms with Crippen LogP contribution in [-0.2, 0) is 16.0 Å². The van der Waals surface area contributed by atoms with Crippen molar-refractivity contribution >= 4 is 17.5 Å². The summed E-state index contributed by atoms with van der Waals surface area (Å²) >= 11 is 0. The number of rotatable bonds is 6. The van der Waals surface area contributed by atoms with Crippen molar-refractivity contribution in [1.82, 2.24) is 5.32 Å². The van der Waals surface area contributed by atoms with Gasteiger partial charge in [-0.15, -0.1) is 0 Å². The minimum Gasteiger partial charge on any atom is -0.355 e. The molecule has 0 bridgehead atoms. The van der Waals surface area contributed by atoms with Crippen LogP contribution in [0.25, 0.3) is 0 Å². The molecule has 4 heteroatoms. The minimum absolute atomic E-state index is 0.0747. The monoisotopic (exact) mass is 296 g/mol. The maximum absolute atomic E-state index is 11.8. The second-order valence-electron chi connectivity index (χ2n) is 5.18. The second-order valence-corrected chi connectivity index (χ2v) is 5.18. The summed E-state index contributed by atoms with van der Waals surface area (Å²) in [5, 5.41) is 5.56. The molecule has 0 radical (unpaired) electrons. The number of nitrogens with one attached hydrogen (secondary N) is 2. The summed E-state index contributed by atoms with van der Waals surface area (Å²) in [4.78, 5) is 23.5. The molecule has 0 aliphatic rings. The molecule has 114 valence electrons. The number of hydrogen-bond acceptors (Lipinski definition) is 2. The molecular weight excluding hydrogens is 276 g/mol. The van der Waals surface area contributed by atoms with E-state index in [4.69, 9.17) is 0 Å². The van der Waals surface area contributed by atoms with Gasteiger partial charge in [-0.05, 0) is 24.6 Å². The van der Waals surface area contributed by atoms with Crippen LogP contribution in [-0.4, -0.2) is 18.4 Å². The Morgan fingerprint density at radius 2 is 1.59 bits per heavy atom. The van der Waals surface area contributed by atoms with Crippen LogP contribution in [0.1, 0.15) is 17.5 Å². The van der Waals surface area contributed by atoms with Crippen molar-refractivity contribution in [2.24, 2.45) is 0 Å². The fourth-order valence-electron chi connectivity index (χ4n) is 2.02. The average molecular weight is 296 g/mol. The Bertz CT molecular complexity index is 621. The topological polar surface area (TPSA) is 58.2 Å². The number of amides is 2. The molecule has 0 heterocycles. The summed E-state index contributed by atoms with van der Waals surface area (Å²) < 4.78 is 0.